The van der Waals surface area contributed by atoms with Crippen molar-refractivity contribution in [1.82, 2.24) is 80.5 Å². The molecule has 0 amide bonds. The zero-order chi connectivity index (χ0) is 51.9. The van der Waals surface area contributed by atoms with E-state index in [1.165, 1.54) is 48.4 Å². The Morgan fingerprint density at radius 2 is 1.09 bits per heavy atom. The number of imidazole rings is 2. The number of aromatic nitrogens is 14. The van der Waals surface area contributed by atoms with Crippen LogP contribution in [0.4, 0.5) is 0 Å². The molecule has 12 aromatic rings. The van der Waals surface area contributed by atoms with E-state index in [0.717, 1.165) is 124 Å². The molecule has 0 aliphatic heterocycles. The maximum atomic E-state index is 11.8. The van der Waals surface area contributed by atoms with Gasteiger partial charge in [0.05, 0.1) is 44.0 Å². The normalized spacial score (nSPS) is 12.9. The maximum absolute atomic E-state index is 11.8. The van der Waals surface area contributed by atoms with E-state index in [1.807, 2.05) is 75.5 Å². The van der Waals surface area contributed by atoms with Gasteiger partial charge in [-0.1, -0.05) is 12.8 Å². The summed E-state index contributed by atoms with van der Waals surface area (Å²) in [5.41, 5.74) is 13.8. The number of fused-ring (bicyclic) bond motifs is 4. The molecule has 5 N–H and O–H groups in total. The number of carbonyl (C=O) groups excluding carboxylic acids is 2. The summed E-state index contributed by atoms with van der Waals surface area (Å²) in [6, 6.07) is 16.0. The van der Waals surface area contributed by atoms with Crippen molar-refractivity contribution in [1.29, 1.82) is 0 Å². The van der Waals surface area contributed by atoms with E-state index in [0.29, 0.717) is 32.7 Å². The van der Waals surface area contributed by atoms with Gasteiger partial charge in [0.15, 0.2) is 34.5 Å². The molecule has 0 radical (unpaired) electrons. The summed E-state index contributed by atoms with van der Waals surface area (Å²) in [6.45, 7) is 5.82. The number of pyridine rings is 6. The third-order valence-corrected chi connectivity index (χ3v) is 15.9. The van der Waals surface area contributed by atoms with Crippen molar-refractivity contribution in [2.24, 2.45) is 5.92 Å². The van der Waals surface area contributed by atoms with Gasteiger partial charge in [-0.05, 0) is 113 Å². The summed E-state index contributed by atoms with van der Waals surface area (Å²) < 4.78 is 0. The number of ketones is 2. The molecule has 0 saturated heterocycles. The van der Waals surface area contributed by atoms with E-state index >= 15 is 0 Å². The number of aromatic amines is 4. The number of Topliss-reactive ketones (excluding diaryl/α,β-unsaturated/α-hetero) is 2. The minimum atomic E-state index is 0.0452. The van der Waals surface area contributed by atoms with E-state index in [4.69, 9.17) is 9.97 Å². The molecule has 0 spiro atoms. The van der Waals surface area contributed by atoms with Crippen LogP contribution in [0.15, 0.2) is 110 Å². The molecule has 1 aliphatic rings. The summed E-state index contributed by atoms with van der Waals surface area (Å²) in [5.74, 6) is 2.19. The molecule has 1 saturated carbocycles. The van der Waals surface area contributed by atoms with Crippen molar-refractivity contribution in [3.05, 3.63) is 131 Å². The van der Waals surface area contributed by atoms with Crippen LogP contribution in [0.5, 0.6) is 0 Å². The zero-order valence-electron chi connectivity index (χ0n) is 42.0. The highest BCUT2D eigenvalue weighted by atomic mass is 32.1. The van der Waals surface area contributed by atoms with Gasteiger partial charge in [0.1, 0.15) is 22.4 Å². The molecule has 12 heterocycles. The lowest BCUT2D eigenvalue weighted by Gasteiger charge is -2.11. The average Bonchev–Trinajstić information content (AvgIpc) is 4.29. The molecule has 13 rings (SSSR count). The maximum Gasteiger partial charge on any atom is 0.181 e. The summed E-state index contributed by atoms with van der Waals surface area (Å²) in [5, 5.41) is 20.4. The highest BCUT2D eigenvalue weighted by molar-refractivity contribution is 7.17. The van der Waals surface area contributed by atoms with Crippen molar-refractivity contribution in [3.63, 3.8) is 0 Å². The molecule has 0 bridgehead atoms. The van der Waals surface area contributed by atoms with Crippen LogP contribution in [0.3, 0.4) is 0 Å². The van der Waals surface area contributed by atoms with Crippen molar-refractivity contribution in [3.8, 4) is 66.2 Å². The molecule has 12 aromatic heterocycles. The SMILES string of the molecule is CC(=O)c1ccc(-c2cncc3[nH]c(-c4[nH]nc5ncc(-c6cncc(CN(C)C)c6)cc45)nc23)s1.CC(=O)c1ccc(-c2cncc3[nH]c(-c4[nH]nc5ncc(-c6cncc(CNCC7CCCC7)c6)cc45)nc23)s1. The lowest BCUT2D eigenvalue weighted by atomic mass is 10.1. The van der Waals surface area contributed by atoms with E-state index < -0.39 is 0 Å². The molecule has 0 unspecified atom stereocenters. The molecule has 1 aliphatic carbocycles. The van der Waals surface area contributed by atoms with Gasteiger partial charge in [-0.3, -0.25) is 39.7 Å². The van der Waals surface area contributed by atoms with Gasteiger partial charge >= 0.3 is 0 Å². The molecule has 20 heteroatoms. The Hall–Kier alpha value is -8.56. The van der Waals surface area contributed by atoms with Crippen molar-refractivity contribution >= 4 is 78.4 Å². The molecular formula is C56H50N16O2S2. The third kappa shape index (κ3) is 9.81. The summed E-state index contributed by atoms with van der Waals surface area (Å²) in [4.78, 5) is 72.5. The number of hydrogen-bond donors (Lipinski definition) is 5. The van der Waals surface area contributed by atoms with Crippen LogP contribution in [0.2, 0.25) is 0 Å². The first-order valence-corrected chi connectivity index (χ1v) is 26.5. The lowest BCUT2D eigenvalue weighted by molar-refractivity contribution is 0.101. The van der Waals surface area contributed by atoms with Gasteiger partial charge in [-0.25, -0.2) is 19.9 Å². The fraction of sp³-hybridized carbons (Fsp3) is 0.214. The summed E-state index contributed by atoms with van der Waals surface area (Å²) in [7, 11) is 4.07. The highest BCUT2D eigenvalue weighted by Gasteiger charge is 2.21. The summed E-state index contributed by atoms with van der Waals surface area (Å²) in [6.07, 6.45) is 23.6. The predicted molar refractivity (Wildman–Crippen MR) is 298 cm³/mol. The number of carbonyl (C=O) groups is 2. The highest BCUT2D eigenvalue weighted by Crippen LogP contribution is 2.37. The first-order chi connectivity index (χ1) is 37.1. The fourth-order valence-electron chi connectivity index (χ4n) is 9.76. The molecule has 0 atom stereocenters. The Kier molecular flexibility index (Phi) is 13.1. The van der Waals surface area contributed by atoms with Gasteiger partial charge in [-0.15, -0.1) is 22.7 Å². The number of nitrogens with zero attached hydrogens (tertiary/aromatic N) is 11. The minimum absolute atomic E-state index is 0.0452. The average molecular weight is 1040 g/mol. The van der Waals surface area contributed by atoms with Gasteiger partial charge in [0.2, 0.25) is 0 Å². The Labute approximate surface area is 443 Å². The largest absolute Gasteiger partial charge is 0.335 e. The molecule has 378 valence electrons. The van der Waals surface area contributed by atoms with E-state index in [-0.39, 0.29) is 11.6 Å². The minimum Gasteiger partial charge on any atom is -0.335 e. The second-order valence-electron chi connectivity index (χ2n) is 19.3. The van der Waals surface area contributed by atoms with Crippen LogP contribution >= 0.6 is 22.7 Å². The van der Waals surface area contributed by atoms with Crippen LogP contribution in [-0.2, 0) is 13.1 Å². The van der Waals surface area contributed by atoms with Gasteiger partial charge in [0, 0.05) is 106 Å². The topological polar surface area (TPSA) is 241 Å². The van der Waals surface area contributed by atoms with Crippen molar-refractivity contribution in [2.75, 3.05) is 20.6 Å². The standard InChI is InChI=1S/C30H28N8OS.C26H22N8OS/c1-17(39)25-6-7-26(40-25)23-15-33-16-24-27(23)36-30(35-24)28-22-9-21(14-34-29(22)38-37-28)20-8-19(12-32-13-20)11-31-10-18-4-2-3-5-18;1-14(35)21-4-5-22(36-21)19-11-28-12-20-23(19)31-26(30-20)24-18-7-17(10-29-25(18)33-32-24)16-6-15(8-27-9-16)13-34(2)3/h6-9,12-16,18,31H,2-5,10-11H2,1H3,(H,35,36)(H,34,37,38);4-12H,13H2,1-3H3,(H,30,31)(H,29,32,33). The Balaban J connectivity index is 0.000000154. The molecular weight excluding hydrogens is 993 g/mol. The second kappa shape index (κ2) is 20.6. The molecule has 18 nitrogen and oxygen atoms in total. The molecule has 1 fully saturated rings. The Morgan fingerprint density at radius 3 is 1.59 bits per heavy atom. The third-order valence-electron chi connectivity index (χ3n) is 13.5. The van der Waals surface area contributed by atoms with Crippen LogP contribution in [0.1, 0.15) is 70.0 Å². The first-order valence-electron chi connectivity index (χ1n) is 24.9. The van der Waals surface area contributed by atoms with E-state index in [2.05, 4.69) is 94.7 Å². The first kappa shape index (κ1) is 48.4. The number of H-pyrrole nitrogens is 4. The monoisotopic (exact) mass is 1040 g/mol. The lowest BCUT2D eigenvalue weighted by Crippen LogP contribution is -2.20. The van der Waals surface area contributed by atoms with Gasteiger partial charge in [-0.2, -0.15) is 10.2 Å². The van der Waals surface area contributed by atoms with Crippen molar-refractivity contribution < 1.29 is 9.59 Å². The smallest absolute Gasteiger partial charge is 0.181 e. The number of rotatable bonds is 14. The second-order valence-corrected chi connectivity index (χ2v) is 21.5. The van der Waals surface area contributed by atoms with Crippen LogP contribution in [0, 0.1) is 5.92 Å². The van der Waals surface area contributed by atoms with E-state index in [1.54, 1.807) is 38.6 Å². The van der Waals surface area contributed by atoms with Crippen LogP contribution in [-0.4, -0.2) is 107 Å². The Morgan fingerprint density at radius 1 is 0.605 bits per heavy atom. The number of thiophene rings is 2. The van der Waals surface area contributed by atoms with Crippen LogP contribution in [0.25, 0.3) is 110 Å². The van der Waals surface area contributed by atoms with Gasteiger partial charge < -0.3 is 20.2 Å². The zero-order valence-corrected chi connectivity index (χ0v) is 43.6. The number of hydrogen-bond acceptors (Lipinski definition) is 16. The van der Waals surface area contributed by atoms with Crippen molar-refractivity contribution in [2.45, 2.75) is 52.6 Å². The summed E-state index contributed by atoms with van der Waals surface area (Å²) >= 11 is 2.89. The fourth-order valence-corrected chi connectivity index (χ4v) is 11.6. The van der Waals surface area contributed by atoms with E-state index in [9.17, 15) is 9.59 Å². The van der Waals surface area contributed by atoms with Gasteiger partial charge in [0.25, 0.3) is 0 Å². The molecule has 0 aromatic carbocycles. The Bertz CT molecular complexity index is 4120. The predicted octanol–water partition coefficient (Wildman–Crippen LogP) is 11.1. The van der Waals surface area contributed by atoms with Crippen LogP contribution < -0.4 is 5.32 Å². The number of nitrogens with one attached hydrogen (secondary N) is 5. The molecule has 76 heavy (non-hydrogen) atoms. The quantitative estimate of drug-likeness (QED) is 0.0637.